The Labute approximate surface area is 155 Å². The van der Waals surface area contributed by atoms with Crippen molar-refractivity contribution in [2.24, 2.45) is 5.92 Å². The summed E-state index contributed by atoms with van der Waals surface area (Å²) in [5.41, 5.74) is 2.31. The number of halogens is 1. The number of aryl methyl sites for hydroxylation is 1. The fraction of sp³-hybridized carbons (Fsp3) is 0.190. The Balaban J connectivity index is 1.53. The second-order valence-corrected chi connectivity index (χ2v) is 6.71. The molecule has 1 aliphatic heterocycles. The van der Waals surface area contributed by atoms with Crippen LogP contribution in [0, 0.1) is 18.7 Å². The smallest absolute Gasteiger partial charge is 0.229 e. The van der Waals surface area contributed by atoms with E-state index in [1.54, 1.807) is 31.3 Å². The summed E-state index contributed by atoms with van der Waals surface area (Å²) in [5, 5.41) is 3.81. The lowest BCUT2D eigenvalue weighted by atomic mass is 10.1. The molecule has 1 aromatic heterocycles. The van der Waals surface area contributed by atoms with E-state index in [0.29, 0.717) is 22.5 Å². The van der Waals surface area contributed by atoms with Crippen LogP contribution in [0.25, 0.3) is 10.9 Å². The maximum absolute atomic E-state index is 13.8. The topological polar surface area (TPSA) is 62.3 Å². The Morgan fingerprint density at radius 3 is 2.85 bits per heavy atom. The van der Waals surface area contributed by atoms with Gasteiger partial charge in [0, 0.05) is 30.2 Å². The first-order valence-corrected chi connectivity index (χ1v) is 8.74. The molecular formula is C21H18FN3O2. The number of rotatable bonds is 3. The number of nitrogens with one attached hydrogen (secondary N) is 1. The maximum atomic E-state index is 13.8. The molecule has 0 saturated carbocycles. The van der Waals surface area contributed by atoms with Crippen molar-refractivity contribution in [3.05, 3.63) is 66.1 Å². The lowest BCUT2D eigenvalue weighted by Gasteiger charge is -2.17. The third-order valence-corrected chi connectivity index (χ3v) is 4.85. The first-order valence-electron chi connectivity index (χ1n) is 8.74. The molecule has 1 aliphatic rings. The van der Waals surface area contributed by atoms with Crippen molar-refractivity contribution in [2.45, 2.75) is 13.3 Å². The molecule has 2 aromatic carbocycles. The van der Waals surface area contributed by atoms with Gasteiger partial charge in [0.25, 0.3) is 0 Å². The molecule has 4 rings (SSSR count). The summed E-state index contributed by atoms with van der Waals surface area (Å²) in [6.45, 7) is 1.89. The monoisotopic (exact) mass is 363 g/mol. The highest BCUT2D eigenvalue weighted by Crippen LogP contribution is 2.28. The average molecular weight is 363 g/mol. The Morgan fingerprint density at radius 1 is 1.22 bits per heavy atom. The molecule has 0 spiro atoms. The number of nitrogens with zero attached hydrogens (tertiary/aromatic N) is 2. The predicted octanol–water partition coefficient (Wildman–Crippen LogP) is 3.67. The number of hydrogen-bond donors (Lipinski definition) is 1. The summed E-state index contributed by atoms with van der Waals surface area (Å²) in [6.07, 6.45) is 1.77. The van der Waals surface area contributed by atoms with Crippen molar-refractivity contribution >= 4 is 34.1 Å². The third-order valence-electron chi connectivity index (χ3n) is 4.85. The number of hydrogen-bond acceptors (Lipinski definition) is 3. The van der Waals surface area contributed by atoms with E-state index >= 15 is 0 Å². The largest absolute Gasteiger partial charge is 0.324 e. The second-order valence-electron chi connectivity index (χ2n) is 6.71. The zero-order valence-corrected chi connectivity index (χ0v) is 14.8. The summed E-state index contributed by atoms with van der Waals surface area (Å²) in [4.78, 5) is 30.9. The van der Waals surface area contributed by atoms with Crippen LogP contribution in [0.3, 0.4) is 0 Å². The molecule has 2 amide bonds. The number of fused-ring (bicyclic) bond motifs is 1. The second kappa shape index (κ2) is 6.79. The van der Waals surface area contributed by atoms with Gasteiger partial charge in [0.2, 0.25) is 11.8 Å². The zero-order valence-electron chi connectivity index (χ0n) is 14.8. The van der Waals surface area contributed by atoms with Gasteiger partial charge in [-0.05, 0) is 36.8 Å². The number of carbonyl (C=O) groups is 2. The maximum Gasteiger partial charge on any atom is 0.229 e. The first kappa shape index (κ1) is 17.1. The minimum absolute atomic E-state index is 0.0967. The molecule has 136 valence electrons. The van der Waals surface area contributed by atoms with Crippen LogP contribution in [0.2, 0.25) is 0 Å². The van der Waals surface area contributed by atoms with E-state index in [2.05, 4.69) is 10.3 Å². The Kier molecular flexibility index (Phi) is 4.32. The number of aromatic nitrogens is 1. The van der Waals surface area contributed by atoms with E-state index in [-0.39, 0.29) is 30.6 Å². The lowest BCUT2D eigenvalue weighted by molar-refractivity contribution is -0.122. The van der Waals surface area contributed by atoms with Gasteiger partial charge in [-0.2, -0.15) is 0 Å². The normalized spacial score (nSPS) is 16.7. The van der Waals surface area contributed by atoms with E-state index in [0.717, 1.165) is 5.39 Å². The summed E-state index contributed by atoms with van der Waals surface area (Å²) >= 11 is 0. The van der Waals surface area contributed by atoms with Crippen molar-refractivity contribution in [3.63, 3.8) is 0 Å². The minimum Gasteiger partial charge on any atom is -0.324 e. The van der Waals surface area contributed by atoms with E-state index in [4.69, 9.17) is 0 Å². The fourth-order valence-corrected chi connectivity index (χ4v) is 3.32. The number of amides is 2. The van der Waals surface area contributed by atoms with E-state index < -0.39 is 5.92 Å². The highest BCUT2D eigenvalue weighted by molar-refractivity contribution is 6.06. The van der Waals surface area contributed by atoms with Crippen molar-refractivity contribution in [2.75, 3.05) is 16.8 Å². The quantitative estimate of drug-likeness (QED) is 0.772. The highest BCUT2D eigenvalue weighted by atomic mass is 19.1. The van der Waals surface area contributed by atoms with Crippen LogP contribution in [0.4, 0.5) is 15.8 Å². The number of carbonyl (C=O) groups excluding carboxylic acids is 2. The third kappa shape index (κ3) is 3.26. The lowest BCUT2D eigenvalue weighted by Crippen LogP contribution is -2.28. The molecule has 1 unspecified atom stereocenters. The number of pyridine rings is 1. The SMILES string of the molecule is Cc1ccc(N2CC(C(=O)Nc3cccc4cccnc34)CC2=O)cc1F. The Bertz CT molecular complexity index is 1050. The van der Waals surface area contributed by atoms with Gasteiger partial charge >= 0.3 is 0 Å². The fourth-order valence-electron chi connectivity index (χ4n) is 3.32. The molecule has 2 heterocycles. The van der Waals surface area contributed by atoms with Gasteiger partial charge in [-0.25, -0.2) is 4.39 Å². The predicted molar refractivity (Wildman–Crippen MR) is 102 cm³/mol. The van der Waals surface area contributed by atoms with Crippen molar-refractivity contribution in [3.8, 4) is 0 Å². The van der Waals surface area contributed by atoms with Crippen LogP contribution < -0.4 is 10.2 Å². The number of benzene rings is 2. The van der Waals surface area contributed by atoms with Crippen LogP contribution in [0.5, 0.6) is 0 Å². The molecule has 5 nitrogen and oxygen atoms in total. The van der Waals surface area contributed by atoms with Gasteiger partial charge in [-0.1, -0.05) is 24.3 Å². The van der Waals surface area contributed by atoms with Crippen LogP contribution in [-0.2, 0) is 9.59 Å². The molecule has 1 saturated heterocycles. The summed E-state index contributed by atoms with van der Waals surface area (Å²) < 4.78 is 13.8. The molecule has 1 fully saturated rings. The Hall–Kier alpha value is -3.28. The van der Waals surface area contributed by atoms with Crippen molar-refractivity contribution in [1.82, 2.24) is 4.98 Å². The molecular weight excluding hydrogens is 345 g/mol. The van der Waals surface area contributed by atoms with Crippen LogP contribution in [0.1, 0.15) is 12.0 Å². The van der Waals surface area contributed by atoms with Gasteiger partial charge in [-0.3, -0.25) is 14.6 Å². The van der Waals surface area contributed by atoms with Crippen molar-refractivity contribution < 1.29 is 14.0 Å². The van der Waals surface area contributed by atoms with Crippen LogP contribution >= 0.6 is 0 Å². The number of anilines is 2. The highest BCUT2D eigenvalue weighted by Gasteiger charge is 2.35. The number of para-hydroxylation sites is 1. The standard InChI is InChI=1S/C21H18FN3O2/c1-13-7-8-16(11-17(13)22)25-12-15(10-19(25)26)21(27)24-18-6-2-4-14-5-3-9-23-20(14)18/h2-9,11,15H,10,12H2,1H3,(H,24,27). The average Bonchev–Trinajstić information content (AvgIpc) is 3.06. The van der Waals surface area contributed by atoms with E-state index in [1.165, 1.54) is 11.0 Å². The molecule has 0 aliphatic carbocycles. The van der Waals surface area contributed by atoms with Crippen molar-refractivity contribution in [1.29, 1.82) is 0 Å². The van der Waals surface area contributed by atoms with E-state index in [9.17, 15) is 14.0 Å². The summed E-state index contributed by atoms with van der Waals surface area (Å²) in [5.74, 6) is -1.29. The molecule has 1 N–H and O–H groups in total. The zero-order chi connectivity index (χ0) is 19.0. The first-order chi connectivity index (χ1) is 13.0. The molecule has 0 bridgehead atoms. The molecule has 27 heavy (non-hydrogen) atoms. The van der Waals surface area contributed by atoms with Gasteiger partial charge in [0.05, 0.1) is 17.1 Å². The van der Waals surface area contributed by atoms with Crippen LogP contribution in [0.15, 0.2) is 54.7 Å². The summed E-state index contributed by atoms with van der Waals surface area (Å²) in [7, 11) is 0. The summed E-state index contributed by atoms with van der Waals surface area (Å²) in [6, 6.07) is 14.0. The molecule has 3 aromatic rings. The van der Waals surface area contributed by atoms with E-state index in [1.807, 2.05) is 24.3 Å². The Morgan fingerprint density at radius 2 is 2.04 bits per heavy atom. The van der Waals surface area contributed by atoms with Gasteiger partial charge in [0.1, 0.15) is 5.82 Å². The molecule has 6 heteroatoms. The molecule has 0 radical (unpaired) electrons. The van der Waals surface area contributed by atoms with Gasteiger partial charge in [-0.15, -0.1) is 0 Å². The van der Waals surface area contributed by atoms with Crippen LogP contribution in [-0.4, -0.2) is 23.3 Å². The van der Waals surface area contributed by atoms with Gasteiger partial charge < -0.3 is 10.2 Å². The molecule has 1 atom stereocenters. The van der Waals surface area contributed by atoms with Gasteiger partial charge in [0.15, 0.2) is 0 Å². The minimum atomic E-state index is -0.499.